The number of carbonyl (C=O) groups is 1. The fraction of sp³-hybridized carbons (Fsp3) is 0.306. The fourth-order valence-corrected chi connectivity index (χ4v) is 10.4. The molecule has 0 N–H and O–H groups in total. The highest BCUT2D eigenvalue weighted by atomic mass is 32.2. The SMILES string of the molecule is COc1ccccc1CC(=O)N1C[C@@H]2[C@H](C1)[C@@]1(c3ccccc3)CC[C@]2(S(=O)c2ccccc2OC)c2ccccc21. The highest BCUT2D eigenvalue weighted by Crippen LogP contribution is 2.67. The van der Waals surface area contributed by atoms with Gasteiger partial charge in [0.25, 0.3) is 0 Å². The van der Waals surface area contributed by atoms with Crippen molar-refractivity contribution >= 4 is 16.7 Å². The third-order valence-corrected chi connectivity index (χ3v) is 12.2. The first-order valence-corrected chi connectivity index (χ1v) is 15.8. The molecule has 8 rings (SSSR count). The van der Waals surface area contributed by atoms with Crippen molar-refractivity contribution in [3.63, 3.8) is 0 Å². The van der Waals surface area contributed by atoms with Crippen LogP contribution in [0, 0.1) is 11.8 Å². The second-order valence-electron chi connectivity index (χ2n) is 11.7. The number of hydrogen-bond donors (Lipinski definition) is 0. The van der Waals surface area contributed by atoms with Gasteiger partial charge in [0, 0.05) is 30.0 Å². The van der Waals surface area contributed by atoms with Crippen LogP contribution in [0.25, 0.3) is 0 Å². The predicted octanol–water partition coefficient (Wildman–Crippen LogP) is 6.12. The summed E-state index contributed by atoms with van der Waals surface area (Å²) in [5.41, 5.74) is 4.32. The summed E-state index contributed by atoms with van der Waals surface area (Å²) in [5.74, 6) is 1.60. The number of nitrogens with zero attached hydrogens (tertiary/aromatic N) is 1. The summed E-state index contributed by atoms with van der Waals surface area (Å²) in [7, 11) is 1.88. The number of benzene rings is 4. The summed E-state index contributed by atoms with van der Waals surface area (Å²) in [4.78, 5) is 16.7. The summed E-state index contributed by atoms with van der Waals surface area (Å²) in [5, 5.41) is 0. The lowest BCUT2D eigenvalue weighted by atomic mass is 9.47. The molecule has 0 spiro atoms. The van der Waals surface area contributed by atoms with E-state index in [1.807, 2.05) is 53.4 Å². The Labute approximate surface area is 249 Å². The van der Waals surface area contributed by atoms with E-state index in [4.69, 9.17) is 9.47 Å². The number of fused-ring (bicyclic) bond motifs is 1. The number of ether oxygens (including phenoxy) is 2. The molecule has 1 unspecified atom stereocenters. The maximum atomic E-state index is 15.1. The first-order chi connectivity index (χ1) is 20.5. The Morgan fingerprint density at radius 2 is 1.38 bits per heavy atom. The van der Waals surface area contributed by atoms with E-state index in [-0.39, 0.29) is 29.6 Å². The Balaban J connectivity index is 1.38. The monoisotopic (exact) mass is 577 g/mol. The van der Waals surface area contributed by atoms with Gasteiger partial charge in [0.05, 0.1) is 41.1 Å². The third kappa shape index (κ3) is 3.81. The molecule has 5 nitrogen and oxygen atoms in total. The summed E-state index contributed by atoms with van der Waals surface area (Å²) in [6.45, 7) is 1.20. The molecule has 5 atom stereocenters. The molecule has 4 aliphatic rings. The summed E-state index contributed by atoms with van der Waals surface area (Å²) in [6, 6.07) is 34.8. The number of para-hydroxylation sites is 2. The number of methoxy groups -OCH3 is 2. The number of amides is 1. The van der Waals surface area contributed by atoms with E-state index < -0.39 is 15.5 Å². The van der Waals surface area contributed by atoms with Crippen molar-refractivity contribution in [2.24, 2.45) is 11.8 Å². The molecule has 2 bridgehead atoms. The number of carbonyl (C=O) groups excluding carboxylic acids is 1. The molecule has 4 aromatic carbocycles. The molecule has 1 heterocycles. The molecule has 1 amide bonds. The normalized spacial score (nSPS) is 26.3. The molecular formula is C36H35NO4S. The van der Waals surface area contributed by atoms with Gasteiger partial charge in [-0.3, -0.25) is 9.00 Å². The minimum absolute atomic E-state index is 0.0220. The van der Waals surface area contributed by atoms with Crippen molar-refractivity contribution in [2.45, 2.75) is 34.3 Å². The molecule has 1 saturated heterocycles. The van der Waals surface area contributed by atoms with Gasteiger partial charge < -0.3 is 14.4 Å². The van der Waals surface area contributed by atoms with E-state index >= 15 is 4.21 Å². The maximum absolute atomic E-state index is 15.1. The van der Waals surface area contributed by atoms with Crippen molar-refractivity contribution < 1.29 is 18.5 Å². The standard InChI is InChI=1S/C36H35NO4S/c1-40-31-17-9-6-12-25(31)22-34(38)37-23-29-30(24-37)36(42(39)33-19-11-10-18-32(33)41-2)21-20-35(29,26-13-4-3-5-14-26)27-15-7-8-16-28(27)36/h3-19,29-30H,20-24H2,1-2H3/t29-,30+,35+,36-,42?/m0/s1. The molecule has 0 aromatic heterocycles. The predicted molar refractivity (Wildman–Crippen MR) is 164 cm³/mol. The highest BCUT2D eigenvalue weighted by molar-refractivity contribution is 7.86. The van der Waals surface area contributed by atoms with Crippen LogP contribution >= 0.6 is 0 Å². The average molecular weight is 578 g/mol. The minimum Gasteiger partial charge on any atom is -0.496 e. The van der Waals surface area contributed by atoms with Crippen LogP contribution in [0.3, 0.4) is 0 Å². The van der Waals surface area contributed by atoms with Crippen LogP contribution in [0.4, 0.5) is 0 Å². The first-order valence-electron chi connectivity index (χ1n) is 14.6. The Morgan fingerprint density at radius 3 is 2.14 bits per heavy atom. The number of hydrogen-bond acceptors (Lipinski definition) is 4. The minimum atomic E-state index is -1.40. The fourth-order valence-electron chi connectivity index (χ4n) is 8.31. The zero-order valence-electron chi connectivity index (χ0n) is 24.0. The van der Waals surface area contributed by atoms with Crippen LogP contribution in [0.15, 0.2) is 108 Å². The van der Waals surface area contributed by atoms with E-state index in [9.17, 15) is 4.79 Å². The maximum Gasteiger partial charge on any atom is 0.227 e. The first kappa shape index (κ1) is 27.0. The van der Waals surface area contributed by atoms with E-state index in [0.717, 1.165) is 34.6 Å². The zero-order chi connectivity index (χ0) is 28.9. The molecule has 3 aliphatic carbocycles. The molecule has 42 heavy (non-hydrogen) atoms. The van der Waals surface area contributed by atoms with Crippen molar-refractivity contribution in [1.29, 1.82) is 0 Å². The quantitative estimate of drug-likeness (QED) is 0.266. The topological polar surface area (TPSA) is 55.8 Å². The van der Waals surface area contributed by atoms with Crippen LogP contribution in [0.5, 0.6) is 11.5 Å². The molecule has 6 heteroatoms. The molecule has 0 radical (unpaired) electrons. The van der Waals surface area contributed by atoms with Crippen LogP contribution < -0.4 is 9.47 Å². The van der Waals surface area contributed by atoms with Crippen molar-refractivity contribution in [1.82, 2.24) is 4.90 Å². The van der Waals surface area contributed by atoms with E-state index in [2.05, 4.69) is 54.6 Å². The van der Waals surface area contributed by atoms with Gasteiger partial charge in [-0.05, 0) is 53.6 Å². The van der Waals surface area contributed by atoms with Gasteiger partial charge in [0.2, 0.25) is 5.91 Å². The van der Waals surface area contributed by atoms with Crippen molar-refractivity contribution in [2.75, 3.05) is 27.3 Å². The Morgan fingerprint density at radius 1 is 0.762 bits per heavy atom. The molecule has 214 valence electrons. The largest absolute Gasteiger partial charge is 0.496 e. The lowest BCUT2D eigenvalue weighted by molar-refractivity contribution is -0.129. The Bertz CT molecular complexity index is 1670. The molecular weight excluding hydrogens is 542 g/mol. The van der Waals surface area contributed by atoms with Crippen molar-refractivity contribution in [3.05, 3.63) is 125 Å². The van der Waals surface area contributed by atoms with Gasteiger partial charge in [0.15, 0.2) is 0 Å². The molecule has 1 aliphatic heterocycles. The van der Waals surface area contributed by atoms with Gasteiger partial charge >= 0.3 is 0 Å². The Kier molecular flexibility index (Phi) is 6.69. The van der Waals surface area contributed by atoms with Gasteiger partial charge in [0.1, 0.15) is 11.5 Å². The van der Waals surface area contributed by atoms with Gasteiger partial charge in [-0.25, -0.2) is 0 Å². The lowest BCUT2D eigenvalue weighted by Crippen LogP contribution is -2.60. The number of likely N-dealkylation sites (tertiary alicyclic amines) is 1. The van der Waals surface area contributed by atoms with E-state index in [1.54, 1.807) is 14.2 Å². The van der Waals surface area contributed by atoms with Crippen LogP contribution in [0.2, 0.25) is 0 Å². The van der Waals surface area contributed by atoms with Gasteiger partial charge in [-0.1, -0.05) is 84.9 Å². The molecule has 2 fully saturated rings. The second-order valence-corrected chi connectivity index (χ2v) is 13.4. The summed E-state index contributed by atoms with van der Waals surface area (Å²) >= 11 is 0. The average Bonchev–Trinajstić information content (AvgIpc) is 3.53. The van der Waals surface area contributed by atoms with E-state index in [0.29, 0.717) is 18.8 Å². The Hall–Kier alpha value is -3.90. The smallest absolute Gasteiger partial charge is 0.227 e. The van der Waals surface area contributed by atoms with Gasteiger partial charge in [-0.2, -0.15) is 0 Å². The van der Waals surface area contributed by atoms with Crippen LogP contribution in [0.1, 0.15) is 35.1 Å². The second kappa shape index (κ2) is 10.4. The number of rotatable bonds is 7. The summed E-state index contributed by atoms with van der Waals surface area (Å²) in [6.07, 6.45) is 1.93. The van der Waals surface area contributed by atoms with Crippen LogP contribution in [-0.2, 0) is 32.2 Å². The summed E-state index contributed by atoms with van der Waals surface area (Å²) < 4.78 is 25.7. The highest BCUT2D eigenvalue weighted by Gasteiger charge is 2.68. The van der Waals surface area contributed by atoms with Crippen LogP contribution in [-0.4, -0.2) is 42.3 Å². The van der Waals surface area contributed by atoms with Gasteiger partial charge in [-0.15, -0.1) is 0 Å². The van der Waals surface area contributed by atoms with E-state index in [1.165, 1.54) is 11.1 Å². The van der Waals surface area contributed by atoms with Crippen molar-refractivity contribution in [3.8, 4) is 11.5 Å². The third-order valence-electron chi connectivity index (χ3n) is 10.1. The zero-order valence-corrected chi connectivity index (χ0v) is 24.8. The lowest BCUT2D eigenvalue weighted by Gasteiger charge is -2.60. The molecule has 1 saturated carbocycles. The molecule has 4 aromatic rings.